The molecule has 3 heteroatoms. The van der Waals surface area contributed by atoms with Crippen LogP contribution >= 0.6 is 15.9 Å². The maximum atomic E-state index is 5.34. The largest absolute Gasteiger partial charge is 0.381 e. The van der Waals surface area contributed by atoms with Gasteiger partial charge in [0.2, 0.25) is 0 Å². The van der Waals surface area contributed by atoms with Gasteiger partial charge in [0.15, 0.2) is 0 Å². The van der Waals surface area contributed by atoms with E-state index in [0.717, 1.165) is 30.2 Å². The van der Waals surface area contributed by atoms with E-state index in [1.807, 2.05) is 0 Å². The molecule has 0 aromatic rings. The lowest BCUT2D eigenvalue weighted by Gasteiger charge is -2.25. The molecule has 0 aromatic heterocycles. The minimum absolute atomic E-state index is 0.576. The molecule has 82 valence electrons. The van der Waals surface area contributed by atoms with Crippen molar-refractivity contribution in [2.75, 3.05) is 19.8 Å². The molecule has 1 aliphatic rings. The van der Waals surface area contributed by atoms with Crippen molar-refractivity contribution in [1.82, 2.24) is 5.32 Å². The van der Waals surface area contributed by atoms with Crippen LogP contribution in [0.3, 0.4) is 0 Å². The predicted molar refractivity (Wildman–Crippen MR) is 63.7 cm³/mol. The Morgan fingerprint density at radius 2 is 2.21 bits per heavy atom. The van der Waals surface area contributed by atoms with E-state index in [-0.39, 0.29) is 0 Å². The van der Waals surface area contributed by atoms with Crippen LogP contribution in [0, 0.1) is 5.92 Å². The summed E-state index contributed by atoms with van der Waals surface area (Å²) in [5.74, 6) is 0.842. The first-order valence-electron chi connectivity index (χ1n) is 5.33. The molecule has 1 fully saturated rings. The summed E-state index contributed by atoms with van der Waals surface area (Å²) in [6.45, 7) is 8.81. The van der Waals surface area contributed by atoms with E-state index in [1.54, 1.807) is 0 Å². The monoisotopic (exact) mass is 261 g/mol. The van der Waals surface area contributed by atoms with Crippen molar-refractivity contribution in [2.24, 2.45) is 5.92 Å². The van der Waals surface area contributed by atoms with Crippen molar-refractivity contribution >= 4 is 15.9 Å². The lowest BCUT2D eigenvalue weighted by molar-refractivity contribution is 0.0613. The quantitative estimate of drug-likeness (QED) is 0.822. The van der Waals surface area contributed by atoms with Crippen LogP contribution in [0.15, 0.2) is 11.1 Å². The van der Waals surface area contributed by atoms with Gasteiger partial charge in [-0.1, -0.05) is 22.5 Å². The van der Waals surface area contributed by atoms with Gasteiger partial charge in [0.25, 0.3) is 0 Å². The topological polar surface area (TPSA) is 21.3 Å². The van der Waals surface area contributed by atoms with Gasteiger partial charge in [-0.05, 0) is 32.1 Å². The van der Waals surface area contributed by atoms with Gasteiger partial charge in [-0.2, -0.15) is 0 Å². The molecule has 0 aromatic carbocycles. The van der Waals surface area contributed by atoms with Crippen LogP contribution < -0.4 is 5.32 Å². The van der Waals surface area contributed by atoms with E-state index in [1.165, 1.54) is 19.3 Å². The van der Waals surface area contributed by atoms with Gasteiger partial charge >= 0.3 is 0 Å². The third-order valence-corrected chi connectivity index (χ3v) is 2.95. The second-order valence-corrected chi connectivity index (χ2v) is 5.21. The molecule has 0 saturated carbocycles. The Kier molecular flexibility index (Phi) is 5.75. The predicted octanol–water partition coefficient (Wildman–Crippen LogP) is 2.69. The zero-order valence-corrected chi connectivity index (χ0v) is 10.5. The third kappa shape index (κ3) is 5.13. The van der Waals surface area contributed by atoms with Crippen LogP contribution in [-0.4, -0.2) is 25.8 Å². The van der Waals surface area contributed by atoms with Crippen molar-refractivity contribution in [2.45, 2.75) is 32.2 Å². The summed E-state index contributed by atoms with van der Waals surface area (Å²) in [5.41, 5.74) is 0. The highest BCUT2D eigenvalue weighted by atomic mass is 79.9. The van der Waals surface area contributed by atoms with Crippen molar-refractivity contribution in [3.05, 3.63) is 11.1 Å². The van der Waals surface area contributed by atoms with Gasteiger partial charge in [0.1, 0.15) is 0 Å². The molecule has 1 atom stereocenters. The molecule has 1 N–H and O–H groups in total. The van der Waals surface area contributed by atoms with E-state index in [2.05, 4.69) is 34.7 Å². The number of ether oxygens (including phenoxy) is 1. The molecular weight excluding hydrogens is 242 g/mol. The first-order valence-corrected chi connectivity index (χ1v) is 6.12. The van der Waals surface area contributed by atoms with Crippen LogP contribution in [0.4, 0.5) is 0 Å². The van der Waals surface area contributed by atoms with E-state index in [9.17, 15) is 0 Å². The fourth-order valence-corrected chi connectivity index (χ4v) is 2.01. The zero-order valence-electron chi connectivity index (χ0n) is 8.89. The second kappa shape index (κ2) is 6.59. The fourth-order valence-electron chi connectivity index (χ4n) is 1.85. The van der Waals surface area contributed by atoms with Gasteiger partial charge in [0, 0.05) is 30.3 Å². The molecule has 0 spiro atoms. The maximum absolute atomic E-state index is 5.34. The lowest BCUT2D eigenvalue weighted by atomic mass is 9.93. The smallest absolute Gasteiger partial charge is 0.0468 e. The Morgan fingerprint density at radius 3 is 2.79 bits per heavy atom. The number of hydrogen-bond acceptors (Lipinski definition) is 2. The van der Waals surface area contributed by atoms with Gasteiger partial charge in [0.05, 0.1) is 0 Å². The summed E-state index contributed by atoms with van der Waals surface area (Å²) in [6, 6.07) is 0.576. The fraction of sp³-hybridized carbons (Fsp3) is 0.818. The van der Waals surface area contributed by atoms with Gasteiger partial charge in [-0.25, -0.2) is 0 Å². The summed E-state index contributed by atoms with van der Waals surface area (Å²) in [6.07, 6.45) is 3.70. The molecule has 1 unspecified atom stereocenters. The highest BCUT2D eigenvalue weighted by Crippen LogP contribution is 2.20. The summed E-state index contributed by atoms with van der Waals surface area (Å²) in [5, 5.41) is 3.44. The van der Waals surface area contributed by atoms with Crippen molar-refractivity contribution < 1.29 is 4.74 Å². The zero-order chi connectivity index (χ0) is 10.4. The van der Waals surface area contributed by atoms with Crippen LogP contribution in [0.1, 0.15) is 26.2 Å². The van der Waals surface area contributed by atoms with Crippen molar-refractivity contribution in [3.63, 3.8) is 0 Å². The minimum Gasteiger partial charge on any atom is -0.381 e. The van der Waals surface area contributed by atoms with Gasteiger partial charge in [-0.3, -0.25) is 0 Å². The normalized spacial score (nSPS) is 20.7. The summed E-state index contributed by atoms with van der Waals surface area (Å²) in [7, 11) is 0. The number of halogens is 1. The molecule has 0 aliphatic carbocycles. The van der Waals surface area contributed by atoms with Crippen molar-refractivity contribution in [1.29, 1.82) is 0 Å². The van der Waals surface area contributed by atoms with E-state index in [0.29, 0.717) is 6.04 Å². The molecule has 0 amide bonds. The molecule has 0 radical (unpaired) electrons. The first kappa shape index (κ1) is 12.2. The SMILES string of the molecule is C=C(Br)CNC(C)CC1CCOCC1. The molecule has 2 nitrogen and oxygen atoms in total. The molecule has 1 aliphatic heterocycles. The molecule has 14 heavy (non-hydrogen) atoms. The highest BCUT2D eigenvalue weighted by molar-refractivity contribution is 9.11. The first-order chi connectivity index (χ1) is 6.68. The standard InChI is InChI=1S/C11H20BrNO/c1-9(12)8-13-10(2)7-11-3-5-14-6-4-11/h10-11,13H,1,3-8H2,2H3. The lowest BCUT2D eigenvalue weighted by Crippen LogP contribution is -2.31. The number of rotatable bonds is 5. The highest BCUT2D eigenvalue weighted by Gasteiger charge is 2.16. The van der Waals surface area contributed by atoms with Crippen LogP contribution in [0.5, 0.6) is 0 Å². The Hall–Kier alpha value is 0.140. The van der Waals surface area contributed by atoms with Crippen LogP contribution in [-0.2, 0) is 4.74 Å². The second-order valence-electron chi connectivity index (χ2n) is 4.09. The van der Waals surface area contributed by atoms with Gasteiger partial charge < -0.3 is 10.1 Å². The molecular formula is C11H20BrNO. The van der Waals surface area contributed by atoms with Gasteiger partial charge in [-0.15, -0.1) is 0 Å². The summed E-state index contributed by atoms with van der Waals surface area (Å²) >= 11 is 3.35. The van der Waals surface area contributed by atoms with Crippen LogP contribution in [0.25, 0.3) is 0 Å². The third-order valence-electron chi connectivity index (χ3n) is 2.67. The summed E-state index contributed by atoms with van der Waals surface area (Å²) < 4.78 is 6.36. The number of hydrogen-bond donors (Lipinski definition) is 1. The molecule has 1 saturated heterocycles. The maximum Gasteiger partial charge on any atom is 0.0468 e. The molecule has 1 rings (SSSR count). The van der Waals surface area contributed by atoms with E-state index < -0.39 is 0 Å². The Balaban J connectivity index is 2.11. The summed E-state index contributed by atoms with van der Waals surface area (Å²) in [4.78, 5) is 0. The average Bonchev–Trinajstić information content (AvgIpc) is 2.16. The Morgan fingerprint density at radius 1 is 1.57 bits per heavy atom. The van der Waals surface area contributed by atoms with Crippen molar-refractivity contribution in [3.8, 4) is 0 Å². The Bertz CT molecular complexity index is 178. The minimum atomic E-state index is 0.576. The van der Waals surface area contributed by atoms with Crippen LogP contribution in [0.2, 0.25) is 0 Å². The number of nitrogens with one attached hydrogen (secondary N) is 1. The van der Waals surface area contributed by atoms with E-state index >= 15 is 0 Å². The molecule has 1 heterocycles. The van der Waals surface area contributed by atoms with E-state index in [4.69, 9.17) is 4.74 Å². The average molecular weight is 262 g/mol. The Labute approximate surface area is 95.2 Å². The molecule has 0 bridgehead atoms.